The molecule has 0 bridgehead atoms. The van der Waals surface area contributed by atoms with Crippen LogP contribution in [0.5, 0.6) is 0 Å². The van der Waals surface area contributed by atoms with Crippen LogP contribution in [0, 0.1) is 6.92 Å². The Morgan fingerprint density at radius 1 is 1.39 bits per heavy atom. The summed E-state index contributed by atoms with van der Waals surface area (Å²) in [4.78, 5) is 36.5. The minimum Gasteiger partial charge on any atom is -0.465 e. The molecule has 1 unspecified atom stereocenters. The molecule has 0 spiro atoms. The second kappa shape index (κ2) is 7.10. The third-order valence-electron chi connectivity index (χ3n) is 3.57. The molecule has 1 heterocycles. The van der Waals surface area contributed by atoms with Gasteiger partial charge in [-0.3, -0.25) is 4.79 Å². The number of amides is 3. The van der Waals surface area contributed by atoms with E-state index in [1.165, 1.54) is 12.0 Å². The standard InChI is InChI=1S/C15H19N3O5/c1-9-3-4-10(14(20)22-2)7-11(9)17-15(21)18-5-6-23-12(8-18)13(16)19/h3-4,7,12H,5-6,8H2,1-2H3,(H2,16,19)(H,17,21). The Balaban J connectivity index is 2.10. The largest absolute Gasteiger partial charge is 0.465 e. The van der Waals surface area contributed by atoms with Gasteiger partial charge in [-0.05, 0) is 24.6 Å². The SMILES string of the molecule is COC(=O)c1ccc(C)c(NC(=O)N2CCOC(C(N)=O)C2)c1. The van der Waals surface area contributed by atoms with Crippen LogP contribution in [0.3, 0.4) is 0 Å². The first-order valence-corrected chi connectivity index (χ1v) is 7.08. The van der Waals surface area contributed by atoms with E-state index in [0.29, 0.717) is 17.8 Å². The Hall–Kier alpha value is -2.61. The lowest BCUT2D eigenvalue weighted by Crippen LogP contribution is -2.51. The van der Waals surface area contributed by atoms with Gasteiger partial charge >= 0.3 is 12.0 Å². The summed E-state index contributed by atoms with van der Waals surface area (Å²) in [5.41, 5.74) is 6.84. The van der Waals surface area contributed by atoms with Crippen molar-refractivity contribution < 1.29 is 23.9 Å². The number of rotatable bonds is 3. The minimum atomic E-state index is -0.808. The quantitative estimate of drug-likeness (QED) is 0.788. The molecule has 1 atom stereocenters. The summed E-state index contributed by atoms with van der Waals surface area (Å²) in [6.45, 7) is 2.49. The lowest BCUT2D eigenvalue weighted by atomic mass is 10.1. The Labute approximate surface area is 133 Å². The molecule has 8 nitrogen and oxygen atoms in total. The lowest BCUT2D eigenvalue weighted by molar-refractivity contribution is -0.133. The maximum atomic E-state index is 12.3. The van der Waals surface area contributed by atoms with E-state index in [0.717, 1.165) is 5.56 Å². The summed E-state index contributed by atoms with van der Waals surface area (Å²) in [6.07, 6.45) is -0.808. The third-order valence-corrected chi connectivity index (χ3v) is 3.57. The molecular weight excluding hydrogens is 302 g/mol. The number of primary amides is 1. The van der Waals surface area contributed by atoms with Gasteiger partial charge in [0, 0.05) is 12.2 Å². The van der Waals surface area contributed by atoms with Crippen LogP contribution in [0.4, 0.5) is 10.5 Å². The zero-order valence-corrected chi connectivity index (χ0v) is 13.0. The fourth-order valence-electron chi connectivity index (χ4n) is 2.20. The summed E-state index contributed by atoms with van der Waals surface area (Å²) < 4.78 is 9.86. The van der Waals surface area contributed by atoms with Crippen LogP contribution < -0.4 is 11.1 Å². The summed E-state index contributed by atoms with van der Waals surface area (Å²) in [6, 6.07) is 4.50. The number of ether oxygens (including phenoxy) is 2. The van der Waals surface area contributed by atoms with Gasteiger partial charge in [0.1, 0.15) is 0 Å². The summed E-state index contributed by atoms with van der Waals surface area (Å²) in [7, 11) is 1.29. The number of hydrogen-bond donors (Lipinski definition) is 2. The number of benzene rings is 1. The summed E-state index contributed by atoms with van der Waals surface area (Å²) in [5, 5.41) is 2.73. The highest BCUT2D eigenvalue weighted by molar-refractivity contribution is 5.95. The highest BCUT2D eigenvalue weighted by Crippen LogP contribution is 2.18. The van der Waals surface area contributed by atoms with Gasteiger partial charge in [0.2, 0.25) is 5.91 Å². The molecule has 23 heavy (non-hydrogen) atoms. The van der Waals surface area contributed by atoms with Gasteiger partial charge in [-0.2, -0.15) is 0 Å². The van der Waals surface area contributed by atoms with Crippen LogP contribution in [0.1, 0.15) is 15.9 Å². The highest BCUT2D eigenvalue weighted by atomic mass is 16.5. The molecule has 1 fully saturated rings. The second-order valence-corrected chi connectivity index (χ2v) is 5.16. The van der Waals surface area contributed by atoms with E-state index in [1.54, 1.807) is 18.2 Å². The van der Waals surface area contributed by atoms with Crippen molar-refractivity contribution in [1.82, 2.24) is 4.90 Å². The van der Waals surface area contributed by atoms with E-state index in [4.69, 9.17) is 10.5 Å². The number of hydrogen-bond acceptors (Lipinski definition) is 5. The number of methoxy groups -OCH3 is 1. The molecule has 1 aliphatic heterocycles. The zero-order valence-electron chi connectivity index (χ0n) is 13.0. The van der Waals surface area contributed by atoms with Crippen molar-refractivity contribution in [2.75, 3.05) is 32.1 Å². The van der Waals surface area contributed by atoms with E-state index in [1.807, 2.05) is 6.92 Å². The molecule has 1 aromatic carbocycles. The smallest absolute Gasteiger partial charge is 0.337 e. The molecule has 3 amide bonds. The molecule has 1 aromatic rings. The van der Waals surface area contributed by atoms with Gasteiger partial charge in [-0.25, -0.2) is 9.59 Å². The van der Waals surface area contributed by atoms with Crippen molar-refractivity contribution in [1.29, 1.82) is 0 Å². The second-order valence-electron chi connectivity index (χ2n) is 5.16. The van der Waals surface area contributed by atoms with Crippen LogP contribution in [0.15, 0.2) is 18.2 Å². The molecule has 3 N–H and O–H groups in total. The topological polar surface area (TPSA) is 111 Å². The number of nitrogens with two attached hydrogens (primary N) is 1. The van der Waals surface area contributed by atoms with E-state index in [9.17, 15) is 14.4 Å². The van der Waals surface area contributed by atoms with Crippen LogP contribution in [0.25, 0.3) is 0 Å². The number of esters is 1. The number of nitrogens with one attached hydrogen (secondary N) is 1. The first-order chi connectivity index (χ1) is 10.9. The first-order valence-electron chi connectivity index (χ1n) is 7.08. The molecule has 124 valence electrons. The third kappa shape index (κ3) is 3.98. The molecule has 8 heteroatoms. The van der Waals surface area contributed by atoms with Crippen LogP contribution in [-0.2, 0) is 14.3 Å². The molecule has 2 rings (SSSR count). The Kier molecular flexibility index (Phi) is 5.17. The lowest BCUT2D eigenvalue weighted by Gasteiger charge is -2.31. The number of carbonyl (C=O) groups is 3. The molecule has 1 saturated heterocycles. The van der Waals surface area contributed by atoms with Crippen LogP contribution in [0.2, 0.25) is 0 Å². The average Bonchev–Trinajstić information content (AvgIpc) is 2.56. The van der Waals surface area contributed by atoms with Crippen LogP contribution in [-0.4, -0.2) is 55.7 Å². The Morgan fingerprint density at radius 3 is 2.78 bits per heavy atom. The normalized spacial score (nSPS) is 17.5. The number of morpholine rings is 1. The molecule has 0 aliphatic carbocycles. The molecule has 0 saturated carbocycles. The zero-order chi connectivity index (χ0) is 17.0. The van der Waals surface area contributed by atoms with E-state index in [-0.39, 0.29) is 19.2 Å². The van der Waals surface area contributed by atoms with Gasteiger partial charge < -0.3 is 25.4 Å². The Morgan fingerprint density at radius 2 is 2.13 bits per heavy atom. The van der Waals surface area contributed by atoms with Crippen molar-refractivity contribution >= 4 is 23.6 Å². The van der Waals surface area contributed by atoms with Gasteiger partial charge in [-0.15, -0.1) is 0 Å². The fraction of sp³-hybridized carbons (Fsp3) is 0.400. The molecular formula is C15H19N3O5. The highest BCUT2D eigenvalue weighted by Gasteiger charge is 2.28. The van der Waals surface area contributed by atoms with Gasteiger partial charge in [0.25, 0.3) is 0 Å². The number of nitrogens with zero attached hydrogens (tertiary/aromatic N) is 1. The maximum absolute atomic E-state index is 12.3. The Bertz CT molecular complexity index is 632. The van der Waals surface area contributed by atoms with Crippen molar-refractivity contribution in [3.8, 4) is 0 Å². The van der Waals surface area contributed by atoms with Crippen molar-refractivity contribution in [2.24, 2.45) is 5.73 Å². The number of aryl methyl sites for hydroxylation is 1. The number of urea groups is 1. The maximum Gasteiger partial charge on any atom is 0.337 e. The number of anilines is 1. The summed E-state index contributed by atoms with van der Waals surface area (Å²) >= 11 is 0. The van der Waals surface area contributed by atoms with Gasteiger partial charge in [0.05, 0.1) is 25.8 Å². The van der Waals surface area contributed by atoms with Crippen molar-refractivity contribution in [2.45, 2.75) is 13.0 Å². The minimum absolute atomic E-state index is 0.0942. The van der Waals surface area contributed by atoms with E-state index >= 15 is 0 Å². The van der Waals surface area contributed by atoms with E-state index in [2.05, 4.69) is 10.1 Å². The van der Waals surface area contributed by atoms with Gasteiger partial charge in [0.15, 0.2) is 6.10 Å². The summed E-state index contributed by atoms with van der Waals surface area (Å²) in [5.74, 6) is -1.09. The van der Waals surface area contributed by atoms with Crippen molar-refractivity contribution in [3.05, 3.63) is 29.3 Å². The molecule has 1 aliphatic rings. The number of carbonyl (C=O) groups excluding carboxylic acids is 3. The van der Waals surface area contributed by atoms with Gasteiger partial charge in [-0.1, -0.05) is 6.07 Å². The monoisotopic (exact) mass is 321 g/mol. The fourth-order valence-corrected chi connectivity index (χ4v) is 2.20. The predicted octanol–water partition coefficient (Wildman–Crippen LogP) is 0.500. The molecule has 0 radical (unpaired) electrons. The first kappa shape index (κ1) is 16.8. The van der Waals surface area contributed by atoms with Crippen LogP contribution >= 0.6 is 0 Å². The predicted molar refractivity (Wildman–Crippen MR) is 82.0 cm³/mol. The molecule has 0 aromatic heterocycles. The van der Waals surface area contributed by atoms with Crippen molar-refractivity contribution in [3.63, 3.8) is 0 Å². The average molecular weight is 321 g/mol. The van der Waals surface area contributed by atoms with E-state index < -0.39 is 18.0 Å².